The van der Waals surface area contributed by atoms with Gasteiger partial charge in [0.1, 0.15) is 17.0 Å². The predicted molar refractivity (Wildman–Crippen MR) is 110 cm³/mol. The number of hydrogen-bond acceptors (Lipinski definition) is 3. The van der Waals surface area contributed by atoms with Gasteiger partial charge in [0.25, 0.3) is 5.91 Å². The normalized spacial score (nSPS) is 16.1. The number of halogens is 2. The van der Waals surface area contributed by atoms with Crippen LogP contribution >= 0.6 is 11.8 Å². The van der Waals surface area contributed by atoms with E-state index < -0.39 is 11.7 Å². The van der Waals surface area contributed by atoms with Crippen LogP contribution in [0.5, 0.6) is 0 Å². The highest BCUT2D eigenvalue weighted by Crippen LogP contribution is 2.41. The van der Waals surface area contributed by atoms with Crippen LogP contribution in [-0.4, -0.2) is 17.6 Å². The van der Waals surface area contributed by atoms with Gasteiger partial charge in [-0.05, 0) is 54.1 Å². The molecule has 0 bridgehead atoms. The van der Waals surface area contributed by atoms with Crippen LogP contribution in [0.4, 0.5) is 20.2 Å². The highest BCUT2D eigenvalue weighted by atomic mass is 32.2. The Morgan fingerprint density at radius 2 is 1.66 bits per heavy atom. The molecule has 1 N–H and O–H groups in total. The van der Waals surface area contributed by atoms with Crippen molar-refractivity contribution in [3.05, 3.63) is 95.6 Å². The Bertz CT molecular complexity index is 1060. The fraction of sp³-hybridized carbons (Fsp3) is 0.0909. The van der Waals surface area contributed by atoms with E-state index in [4.69, 9.17) is 0 Å². The quantitative estimate of drug-likeness (QED) is 0.659. The Balaban J connectivity index is 1.52. The Morgan fingerprint density at radius 3 is 2.34 bits per heavy atom. The first-order valence-corrected chi connectivity index (χ1v) is 9.93. The molecule has 4 rings (SSSR count). The van der Waals surface area contributed by atoms with Crippen molar-refractivity contribution < 1.29 is 18.4 Å². The van der Waals surface area contributed by atoms with Crippen molar-refractivity contribution in [3.8, 4) is 0 Å². The average Bonchev–Trinajstić information content (AvgIpc) is 3.11. The molecule has 0 radical (unpaired) electrons. The number of amides is 2. The van der Waals surface area contributed by atoms with Gasteiger partial charge in [0.05, 0.1) is 11.3 Å². The van der Waals surface area contributed by atoms with Gasteiger partial charge in [-0.15, -0.1) is 11.8 Å². The van der Waals surface area contributed by atoms with Gasteiger partial charge < -0.3 is 5.32 Å². The predicted octanol–water partition coefficient (Wildman–Crippen LogP) is 5.00. The Labute approximate surface area is 170 Å². The lowest BCUT2D eigenvalue weighted by Gasteiger charge is -2.24. The monoisotopic (exact) mass is 410 g/mol. The standard InChI is InChI=1S/C22H16F2N2O2S/c23-15-7-11-17(12-8-15)26-20(27)13-29-22(26)14-5-9-16(10-6-14)25-21(28)18-3-1-2-4-19(18)24/h1-12,22H,13H2,(H,25,28)/t22-/m1/s1. The fourth-order valence-corrected chi connectivity index (χ4v) is 4.30. The van der Waals surface area contributed by atoms with Gasteiger partial charge in [-0.1, -0.05) is 24.3 Å². The SMILES string of the molecule is O=C(Nc1ccc([C@H]2SCC(=O)N2c2ccc(F)cc2)cc1)c1ccccc1F. The molecule has 1 aliphatic heterocycles. The van der Waals surface area contributed by atoms with Gasteiger partial charge >= 0.3 is 0 Å². The van der Waals surface area contributed by atoms with Gasteiger partial charge in [0.2, 0.25) is 5.91 Å². The molecular weight excluding hydrogens is 394 g/mol. The second-order valence-electron chi connectivity index (χ2n) is 6.46. The number of hydrogen-bond donors (Lipinski definition) is 1. The van der Waals surface area contributed by atoms with Gasteiger partial charge in [0, 0.05) is 11.4 Å². The van der Waals surface area contributed by atoms with Crippen LogP contribution in [-0.2, 0) is 4.79 Å². The molecule has 146 valence electrons. The maximum atomic E-state index is 13.8. The Kier molecular flexibility index (Phi) is 5.31. The third-order valence-corrected chi connectivity index (χ3v) is 5.76. The number of nitrogens with one attached hydrogen (secondary N) is 1. The summed E-state index contributed by atoms with van der Waals surface area (Å²) < 4.78 is 27.0. The van der Waals surface area contributed by atoms with E-state index >= 15 is 0 Å². The number of thioether (sulfide) groups is 1. The van der Waals surface area contributed by atoms with Crippen molar-refractivity contribution >= 4 is 35.0 Å². The van der Waals surface area contributed by atoms with E-state index in [0.29, 0.717) is 17.1 Å². The minimum absolute atomic E-state index is 0.0315. The molecular formula is C22H16F2N2O2S. The van der Waals surface area contributed by atoms with Crippen molar-refractivity contribution in [3.63, 3.8) is 0 Å². The minimum Gasteiger partial charge on any atom is -0.322 e. The van der Waals surface area contributed by atoms with Crippen LogP contribution in [0.25, 0.3) is 0 Å². The van der Waals surface area contributed by atoms with E-state index in [1.807, 2.05) is 12.1 Å². The smallest absolute Gasteiger partial charge is 0.258 e. The highest BCUT2D eigenvalue weighted by molar-refractivity contribution is 8.00. The van der Waals surface area contributed by atoms with E-state index in [-0.39, 0.29) is 22.7 Å². The van der Waals surface area contributed by atoms with Crippen molar-refractivity contribution in [2.75, 3.05) is 16.0 Å². The van der Waals surface area contributed by atoms with E-state index in [1.54, 1.807) is 35.2 Å². The van der Waals surface area contributed by atoms with Gasteiger partial charge in [-0.25, -0.2) is 8.78 Å². The topological polar surface area (TPSA) is 49.4 Å². The maximum Gasteiger partial charge on any atom is 0.258 e. The lowest BCUT2D eigenvalue weighted by molar-refractivity contribution is -0.115. The number of anilines is 2. The maximum absolute atomic E-state index is 13.8. The summed E-state index contributed by atoms with van der Waals surface area (Å²) in [5.74, 6) is -1.21. The number of benzene rings is 3. The zero-order valence-electron chi connectivity index (χ0n) is 15.1. The summed E-state index contributed by atoms with van der Waals surface area (Å²) in [5.41, 5.74) is 1.98. The lowest BCUT2D eigenvalue weighted by Crippen LogP contribution is -2.27. The summed E-state index contributed by atoms with van der Waals surface area (Å²) in [6.07, 6.45) is 0. The molecule has 4 nitrogen and oxygen atoms in total. The molecule has 1 aliphatic rings. The van der Waals surface area contributed by atoms with E-state index in [9.17, 15) is 18.4 Å². The Hall–Kier alpha value is -3.19. The Morgan fingerprint density at radius 1 is 0.966 bits per heavy atom. The number of carbonyl (C=O) groups is 2. The molecule has 3 aromatic rings. The van der Waals surface area contributed by atoms with Crippen LogP contribution in [0.15, 0.2) is 72.8 Å². The summed E-state index contributed by atoms with van der Waals surface area (Å²) in [5, 5.41) is 2.42. The minimum atomic E-state index is -0.586. The van der Waals surface area contributed by atoms with Crippen LogP contribution in [0, 0.1) is 11.6 Å². The summed E-state index contributed by atoms with van der Waals surface area (Å²) in [4.78, 5) is 26.2. The zero-order chi connectivity index (χ0) is 20.4. The highest BCUT2D eigenvalue weighted by Gasteiger charge is 2.34. The second kappa shape index (κ2) is 8.05. The lowest BCUT2D eigenvalue weighted by atomic mass is 10.1. The summed E-state index contributed by atoms with van der Waals surface area (Å²) in [7, 11) is 0. The number of nitrogens with zero attached hydrogens (tertiary/aromatic N) is 1. The molecule has 3 aromatic carbocycles. The zero-order valence-corrected chi connectivity index (χ0v) is 16.0. The van der Waals surface area contributed by atoms with Gasteiger partial charge in [-0.3, -0.25) is 14.5 Å². The molecule has 1 saturated heterocycles. The van der Waals surface area contributed by atoms with E-state index in [1.165, 1.54) is 42.1 Å². The summed E-state index contributed by atoms with van der Waals surface area (Å²) >= 11 is 1.47. The molecule has 2 amide bonds. The third-order valence-electron chi connectivity index (χ3n) is 4.54. The molecule has 29 heavy (non-hydrogen) atoms. The largest absolute Gasteiger partial charge is 0.322 e. The molecule has 0 spiro atoms. The van der Waals surface area contributed by atoms with Crippen LogP contribution in [0.1, 0.15) is 21.3 Å². The molecule has 0 aliphatic carbocycles. The molecule has 0 saturated carbocycles. The van der Waals surface area contributed by atoms with Crippen molar-refractivity contribution in [1.29, 1.82) is 0 Å². The molecule has 0 unspecified atom stereocenters. The van der Waals surface area contributed by atoms with Crippen LogP contribution in [0.2, 0.25) is 0 Å². The summed E-state index contributed by atoms with van der Waals surface area (Å²) in [6, 6.07) is 18.6. The van der Waals surface area contributed by atoms with E-state index in [2.05, 4.69) is 5.32 Å². The molecule has 1 heterocycles. The van der Waals surface area contributed by atoms with Crippen molar-refractivity contribution in [2.45, 2.75) is 5.37 Å². The molecule has 0 aromatic heterocycles. The van der Waals surface area contributed by atoms with E-state index in [0.717, 1.165) is 5.56 Å². The van der Waals surface area contributed by atoms with Crippen molar-refractivity contribution in [1.82, 2.24) is 0 Å². The fourth-order valence-electron chi connectivity index (χ4n) is 3.13. The first-order chi connectivity index (χ1) is 14.0. The third kappa shape index (κ3) is 4.00. The van der Waals surface area contributed by atoms with Crippen LogP contribution in [0.3, 0.4) is 0 Å². The second-order valence-corrected chi connectivity index (χ2v) is 7.53. The average molecular weight is 410 g/mol. The molecule has 1 atom stereocenters. The summed E-state index contributed by atoms with van der Waals surface area (Å²) in [6.45, 7) is 0. The first-order valence-electron chi connectivity index (χ1n) is 8.88. The number of rotatable bonds is 4. The van der Waals surface area contributed by atoms with Gasteiger partial charge in [-0.2, -0.15) is 0 Å². The van der Waals surface area contributed by atoms with Gasteiger partial charge in [0.15, 0.2) is 0 Å². The number of carbonyl (C=O) groups excluding carboxylic acids is 2. The van der Waals surface area contributed by atoms with Crippen LogP contribution < -0.4 is 10.2 Å². The molecule has 7 heteroatoms. The van der Waals surface area contributed by atoms with Crippen molar-refractivity contribution in [2.24, 2.45) is 0 Å². The molecule has 1 fully saturated rings. The first kappa shape index (κ1) is 19.1.